The van der Waals surface area contributed by atoms with Crippen LogP contribution in [-0.2, 0) is 16.1 Å². The maximum Gasteiger partial charge on any atom is 0.252 e. The molecule has 2 N–H and O–H groups in total. The molecule has 1 aromatic heterocycles. The van der Waals surface area contributed by atoms with Gasteiger partial charge in [0, 0.05) is 0 Å². The molecule has 0 aliphatic heterocycles. The van der Waals surface area contributed by atoms with Crippen molar-refractivity contribution in [3.05, 3.63) is 11.7 Å². The van der Waals surface area contributed by atoms with Gasteiger partial charge in [-0.15, -0.1) is 0 Å². The van der Waals surface area contributed by atoms with E-state index in [9.17, 15) is 0 Å². The van der Waals surface area contributed by atoms with Gasteiger partial charge in [0.25, 0.3) is 5.89 Å². The quantitative estimate of drug-likeness (QED) is 0.836. The monoisotopic (exact) mass is 257 g/mol. The summed E-state index contributed by atoms with van der Waals surface area (Å²) >= 11 is 0. The molecule has 1 atom stereocenters. The molecule has 104 valence electrons. The van der Waals surface area contributed by atoms with Crippen LogP contribution in [-0.4, -0.2) is 28.5 Å². The first kappa shape index (κ1) is 15.1. The molecule has 0 amide bonds. The summed E-state index contributed by atoms with van der Waals surface area (Å²) in [6.45, 7) is 10.5. The van der Waals surface area contributed by atoms with E-state index in [4.69, 9.17) is 19.7 Å². The van der Waals surface area contributed by atoms with Crippen LogP contribution in [0.3, 0.4) is 0 Å². The minimum atomic E-state index is -0.375. The summed E-state index contributed by atoms with van der Waals surface area (Å²) in [5.74, 6) is 0.878. The van der Waals surface area contributed by atoms with Crippen LogP contribution < -0.4 is 5.73 Å². The van der Waals surface area contributed by atoms with Crippen molar-refractivity contribution in [3.8, 4) is 0 Å². The number of hydrogen-bond acceptors (Lipinski definition) is 6. The Kier molecular flexibility index (Phi) is 5.25. The molecule has 1 unspecified atom stereocenters. The second kappa shape index (κ2) is 6.26. The van der Waals surface area contributed by atoms with Crippen molar-refractivity contribution in [2.24, 2.45) is 5.73 Å². The summed E-state index contributed by atoms with van der Waals surface area (Å²) in [6.07, 6.45) is 0.131. The molecular formula is C12H23N3O3. The van der Waals surface area contributed by atoms with E-state index in [1.165, 1.54) is 0 Å². The first-order valence-corrected chi connectivity index (χ1v) is 6.11. The van der Waals surface area contributed by atoms with Crippen LogP contribution in [0.4, 0.5) is 0 Å². The minimum Gasteiger partial charge on any atom is -0.377 e. The zero-order valence-corrected chi connectivity index (χ0v) is 11.8. The first-order chi connectivity index (χ1) is 8.28. The van der Waals surface area contributed by atoms with Crippen molar-refractivity contribution in [2.45, 2.75) is 59.0 Å². The number of aromatic nitrogens is 2. The summed E-state index contributed by atoms with van der Waals surface area (Å²) in [5.41, 5.74) is 5.65. The highest BCUT2D eigenvalue weighted by Gasteiger charge is 2.17. The fraction of sp³-hybridized carbons (Fsp3) is 0.833. The summed E-state index contributed by atoms with van der Waals surface area (Å²) in [7, 11) is 0. The lowest BCUT2D eigenvalue weighted by atomic mass is 10.2. The summed E-state index contributed by atoms with van der Waals surface area (Å²) in [6, 6.07) is -0.375. The number of rotatable bonds is 6. The minimum absolute atomic E-state index is 0.131. The number of hydrogen-bond donors (Lipinski definition) is 1. The molecule has 0 bridgehead atoms. The Morgan fingerprint density at radius 2 is 2.00 bits per heavy atom. The molecule has 6 heteroatoms. The average Bonchev–Trinajstić information content (AvgIpc) is 2.70. The maximum absolute atomic E-state index is 5.89. The first-order valence-electron chi connectivity index (χ1n) is 6.11. The summed E-state index contributed by atoms with van der Waals surface area (Å²) in [4.78, 5) is 4.18. The number of ether oxygens (including phenoxy) is 2. The van der Waals surface area contributed by atoms with Gasteiger partial charge in [-0.3, -0.25) is 0 Å². The molecule has 0 aromatic carbocycles. The van der Waals surface area contributed by atoms with E-state index in [2.05, 4.69) is 10.1 Å². The van der Waals surface area contributed by atoms with Gasteiger partial charge in [-0.25, -0.2) is 0 Å². The molecular weight excluding hydrogens is 234 g/mol. The lowest BCUT2D eigenvalue weighted by Crippen LogP contribution is -2.21. The topological polar surface area (TPSA) is 83.4 Å². The summed E-state index contributed by atoms with van der Waals surface area (Å²) in [5, 5.41) is 3.82. The lowest BCUT2D eigenvalue weighted by molar-refractivity contribution is -0.0260. The summed E-state index contributed by atoms with van der Waals surface area (Å²) < 4.78 is 16.0. The molecule has 1 rings (SSSR count). The van der Waals surface area contributed by atoms with Gasteiger partial charge in [0.2, 0.25) is 0 Å². The predicted octanol–water partition coefficient (Wildman–Crippen LogP) is 1.81. The van der Waals surface area contributed by atoms with Gasteiger partial charge in [-0.2, -0.15) is 4.98 Å². The highest BCUT2D eigenvalue weighted by Crippen LogP contribution is 2.12. The van der Waals surface area contributed by atoms with Crippen LogP contribution in [0.25, 0.3) is 0 Å². The van der Waals surface area contributed by atoms with E-state index in [1.54, 1.807) is 0 Å². The highest BCUT2D eigenvalue weighted by atomic mass is 16.5. The van der Waals surface area contributed by atoms with Crippen LogP contribution in [0, 0.1) is 0 Å². The van der Waals surface area contributed by atoms with Crippen molar-refractivity contribution in [3.63, 3.8) is 0 Å². The van der Waals surface area contributed by atoms with Gasteiger partial charge in [0.15, 0.2) is 5.82 Å². The Bertz CT molecular complexity index is 358. The Balaban J connectivity index is 2.47. The van der Waals surface area contributed by atoms with Gasteiger partial charge < -0.3 is 19.7 Å². The van der Waals surface area contributed by atoms with Crippen molar-refractivity contribution < 1.29 is 14.0 Å². The standard InChI is InChI=1S/C12H23N3O3/c1-8(2)16-6-9(13)11-14-10(18-15-11)7-17-12(3,4)5/h8-9H,6-7,13H2,1-5H3. The van der Waals surface area contributed by atoms with E-state index >= 15 is 0 Å². The SMILES string of the molecule is CC(C)OCC(N)c1noc(COC(C)(C)C)n1. The largest absolute Gasteiger partial charge is 0.377 e. The smallest absolute Gasteiger partial charge is 0.252 e. The van der Waals surface area contributed by atoms with E-state index in [1.807, 2.05) is 34.6 Å². The van der Waals surface area contributed by atoms with Gasteiger partial charge in [-0.1, -0.05) is 5.16 Å². The van der Waals surface area contributed by atoms with Crippen LogP contribution in [0.5, 0.6) is 0 Å². The lowest BCUT2D eigenvalue weighted by Gasteiger charge is -2.17. The molecule has 6 nitrogen and oxygen atoms in total. The van der Waals surface area contributed by atoms with Crippen LogP contribution >= 0.6 is 0 Å². The third-order valence-corrected chi connectivity index (χ3v) is 2.05. The van der Waals surface area contributed by atoms with E-state index in [0.29, 0.717) is 18.3 Å². The Morgan fingerprint density at radius 3 is 2.56 bits per heavy atom. The third-order valence-electron chi connectivity index (χ3n) is 2.05. The molecule has 1 heterocycles. The van der Waals surface area contributed by atoms with Gasteiger partial charge >= 0.3 is 0 Å². The Morgan fingerprint density at radius 1 is 1.33 bits per heavy atom. The zero-order valence-electron chi connectivity index (χ0n) is 11.8. The van der Waals surface area contributed by atoms with Crippen molar-refractivity contribution >= 4 is 0 Å². The normalized spacial score (nSPS) is 14.2. The van der Waals surface area contributed by atoms with Gasteiger partial charge in [0.05, 0.1) is 24.4 Å². The predicted molar refractivity (Wildman–Crippen MR) is 66.9 cm³/mol. The third kappa shape index (κ3) is 5.57. The molecule has 18 heavy (non-hydrogen) atoms. The fourth-order valence-corrected chi connectivity index (χ4v) is 1.13. The van der Waals surface area contributed by atoms with Crippen LogP contribution in [0.15, 0.2) is 4.52 Å². The van der Waals surface area contributed by atoms with Crippen LogP contribution in [0.2, 0.25) is 0 Å². The Labute approximate surface area is 108 Å². The number of nitrogens with zero attached hydrogens (tertiary/aromatic N) is 2. The van der Waals surface area contributed by atoms with Gasteiger partial charge in [-0.05, 0) is 34.6 Å². The number of nitrogens with two attached hydrogens (primary N) is 1. The second-order valence-corrected chi connectivity index (χ2v) is 5.44. The van der Waals surface area contributed by atoms with Crippen LogP contribution in [0.1, 0.15) is 52.4 Å². The maximum atomic E-state index is 5.89. The fourth-order valence-electron chi connectivity index (χ4n) is 1.13. The molecule has 0 saturated heterocycles. The molecule has 0 spiro atoms. The molecule has 1 aromatic rings. The molecule has 0 radical (unpaired) electrons. The zero-order chi connectivity index (χ0) is 13.8. The van der Waals surface area contributed by atoms with Crippen molar-refractivity contribution in [1.82, 2.24) is 10.1 Å². The van der Waals surface area contributed by atoms with Crippen molar-refractivity contribution in [2.75, 3.05) is 6.61 Å². The molecule has 0 aliphatic rings. The van der Waals surface area contributed by atoms with E-state index in [-0.39, 0.29) is 24.4 Å². The van der Waals surface area contributed by atoms with E-state index in [0.717, 1.165) is 0 Å². The van der Waals surface area contributed by atoms with E-state index < -0.39 is 0 Å². The second-order valence-electron chi connectivity index (χ2n) is 5.44. The van der Waals surface area contributed by atoms with Crippen molar-refractivity contribution in [1.29, 1.82) is 0 Å². The van der Waals surface area contributed by atoms with Gasteiger partial charge in [0.1, 0.15) is 6.61 Å². The molecule has 0 saturated carbocycles. The molecule has 0 fully saturated rings. The Hall–Kier alpha value is -0.980. The molecule has 0 aliphatic carbocycles. The average molecular weight is 257 g/mol. The highest BCUT2D eigenvalue weighted by molar-refractivity contribution is 4.92.